The Labute approximate surface area is 124 Å². The minimum atomic E-state index is -0.622. The van der Waals surface area contributed by atoms with E-state index < -0.39 is 23.6 Å². The van der Waals surface area contributed by atoms with Crippen LogP contribution in [-0.4, -0.2) is 23.6 Å². The molecule has 3 rings (SSSR count). The van der Waals surface area contributed by atoms with Gasteiger partial charge in [0.2, 0.25) is 0 Å². The Kier molecular flexibility index (Phi) is 2.88. The molecule has 1 aromatic rings. The highest BCUT2D eigenvalue weighted by Crippen LogP contribution is 2.09. The molecule has 0 atom stereocenters. The number of carbonyl (C=O) groups excluding carboxylic acids is 4. The predicted octanol–water partition coefficient (Wildman–Crippen LogP) is -1.10. The normalized spacial score (nSPS) is 16.5. The molecule has 2 heterocycles. The van der Waals surface area contributed by atoms with E-state index >= 15 is 0 Å². The summed E-state index contributed by atoms with van der Waals surface area (Å²) in [5.41, 5.74) is 0.673. The Hall–Kier alpha value is -3.28. The molecule has 0 spiro atoms. The molecule has 0 saturated carbocycles. The van der Waals surface area contributed by atoms with Gasteiger partial charge in [0.25, 0.3) is 23.6 Å². The average molecular weight is 294 g/mol. The number of rotatable bonds is 2. The van der Waals surface area contributed by atoms with Crippen molar-refractivity contribution < 1.29 is 19.2 Å². The summed E-state index contributed by atoms with van der Waals surface area (Å²) in [6.07, 6.45) is 2.58. The summed E-state index contributed by atoms with van der Waals surface area (Å²) in [4.78, 5) is 48.0. The van der Waals surface area contributed by atoms with Crippen LogP contribution in [-0.2, 0) is 9.59 Å². The lowest BCUT2D eigenvalue weighted by Crippen LogP contribution is -2.53. The van der Waals surface area contributed by atoms with Crippen LogP contribution in [0.15, 0.2) is 37.4 Å². The fraction of sp³-hybridized carbons (Fsp3) is 0. The molecule has 6 nitrogen and oxygen atoms in total. The van der Waals surface area contributed by atoms with Gasteiger partial charge >= 0.3 is 0 Å². The molecule has 6 heteroatoms. The van der Waals surface area contributed by atoms with E-state index in [1.165, 1.54) is 24.3 Å². The third-order valence-electron chi connectivity index (χ3n) is 3.58. The second kappa shape index (κ2) is 4.63. The third-order valence-corrected chi connectivity index (χ3v) is 3.58. The van der Waals surface area contributed by atoms with Crippen LogP contribution in [0.4, 0.5) is 0 Å². The van der Waals surface area contributed by atoms with Crippen LogP contribution in [0.3, 0.4) is 0 Å². The van der Waals surface area contributed by atoms with Gasteiger partial charge in [0.15, 0.2) is 0 Å². The van der Waals surface area contributed by atoms with Gasteiger partial charge in [-0.25, -0.2) is 0 Å². The number of fused-ring (bicyclic) bond motifs is 3. The van der Waals surface area contributed by atoms with E-state index in [2.05, 4.69) is 23.8 Å². The van der Waals surface area contributed by atoms with Gasteiger partial charge in [-0.2, -0.15) is 0 Å². The topological polar surface area (TPSA) is 92.3 Å². The van der Waals surface area contributed by atoms with E-state index in [1.807, 2.05) is 0 Å². The first-order valence-corrected chi connectivity index (χ1v) is 6.37. The molecule has 0 saturated heterocycles. The number of hydrogen-bond donors (Lipinski definition) is 2. The van der Waals surface area contributed by atoms with Gasteiger partial charge in [-0.15, -0.1) is 0 Å². The zero-order valence-electron chi connectivity index (χ0n) is 11.4. The van der Waals surface area contributed by atoms with E-state index in [9.17, 15) is 19.2 Å². The zero-order valence-corrected chi connectivity index (χ0v) is 11.4. The standard InChI is InChI=1S/C16H10N2O4/c1-3-7-11-9(15(21)17-13(7)19)5-6-10-12(11)8(4-2)14(20)18-16(10)22/h3-6H,1-2H2,(H,17,19,21)(H,18,20,22). The highest BCUT2D eigenvalue weighted by molar-refractivity contribution is 6.30. The highest BCUT2D eigenvalue weighted by Gasteiger charge is 2.29. The summed E-state index contributed by atoms with van der Waals surface area (Å²) in [5.74, 6) is -2.42. The van der Waals surface area contributed by atoms with Crippen molar-refractivity contribution in [2.75, 3.05) is 0 Å². The predicted molar refractivity (Wildman–Crippen MR) is 77.8 cm³/mol. The Bertz CT molecular complexity index is 861. The van der Waals surface area contributed by atoms with Gasteiger partial charge in [-0.05, 0) is 12.1 Å². The number of imide groups is 2. The quantitative estimate of drug-likeness (QED) is 0.677. The highest BCUT2D eigenvalue weighted by atomic mass is 16.2. The molecule has 4 amide bonds. The maximum Gasteiger partial charge on any atom is 0.258 e. The fourth-order valence-electron chi connectivity index (χ4n) is 2.63. The maximum atomic E-state index is 12.0. The van der Waals surface area contributed by atoms with Crippen LogP contribution >= 0.6 is 0 Å². The van der Waals surface area contributed by atoms with Crippen LogP contribution in [0.2, 0.25) is 0 Å². The molecule has 2 aliphatic heterocycles. The number of benzene rings is 1. The van der Waals surface area contributed by atoms with E-state index in [1.54, 1.807) is 0 Å². The minimum Gasteiger partial charge on any atom is -0.288 e. The first-order valence-electron chi connectivity index (χ1n) is 6.37. The van der Waals surface area contributed by atoms with Gasteiger partial charge in [0.05, 0.1) is 0 Å². The molecule has 0 aromatic heterocycles. The van der Waals surface area contributed by atoms with Gasteiger partial charge in [0, 0.05) is 32.7 Å². The molecule has 0 unspecified atom stereocenters. The molecular weight excluding hydrogens is 284 g/mol. The molecule has 0 aliphatic carbocycles. The molecule has 0 bridgehead atoms. The van der Waals surface area contributed by atoms with Crippen LogP contribution in [0.1, 0.15) is 20.7 Å². The minimum absolute atomic E-state index is 0.133. The molecule has 108 valence electrons. The van der Waals surface area contributed by atoms with Crippen molar-refractivity contribution in [1.29, 1.82) is 0 Å². The Balaban J connectivity index is 2.72. The van der Waals surface area contributed by atoms with E-state index in [-0.39, 0.29) is 32.7 Å². The van der Waals surface area contributed by atoms with Crippen molar-refractivity contribution in [2.45, 2.75) is 0 Å². The van der Waals surface area contributed by atoms with Gasteiger partial charge in [0.1, 0.15) is 0 Å². The lowest BCUT2D eigenvalue weighted by Gasteiger charge is -2.19. The monoisotopic (exact) mass is 294 g/mol. The molecular formula is C16H10N2O4. The second-order valence-corrected chi connectivity index (χ2v) is 4.71. The summed E-state index contributed by atoms with van der Waals surface area (Å²) in [7, 11) is 0. The van der Waals surface area contributed by atoms with Gasteiger partial charge in [-0.1, -0.05) is 25.3 Å². The summed E-state index contributed by atoms with van der Waals surface area (Å²) >= 11 is 0. The first kappa shape index (κ1) is 13.7. The van der Waals surface area contributed by atoms with Crippen molar-refractivity contribution in [1.82, 2.24) is 10.6 Å². The van der Waals surface area contributed by atoms with E-state index in [0.717, 1.165) is 0 Å². The molecule has 22 heavy (non-hydrogen) atoms. The van der Waals surface area contributed by atoms with Crippen molar-refractivity contribution in [3.8, 4) is 0 Å². The molecule has 2 N–H and O–H groups in total. The average Bonchev–Trinajstić information content (AvgIpc) is 2.47. The van der Waals surface area contributed by atoms with Crippen molar-refractivity contribution in [3.63, 3.8) is 0 Å². The van der Waals surface area contributed by atoms with Gasteiger partial charge < -0.3 is 0 Å². The molecule has 0 radical (unpaired) electrons. The first-order chi connectivity index (χ1) is 10.5. The lowest BCUT2D eigenvalue weighted by molar-refractivity contribution is -0.115. The van der Waals surface area contributed by atoms with Crippen LogP contribution in [0, 0.1) is 0 Å². The zero-order chi connectivity index (χ0) is 16.0. The van der Waals surface area contributed by atoms with Crippen LogP contribution in [0.5, 0.6) is 0 Å². The summed E-state index contributed by atoms with van der Waals surface area (Å²) < 4.78 is 0. The number of carbonyl (C=O) groups is 4. The summed E-state index contributed by atoms with van der Waals surface area (Å²) in [5, 5.41) is 4.85. The van der Waals surface area contributed by atoms with Crippen molar-refractivity contribution >= 4 is 34.8 Å². The third kappa shape index (κ3) is 1.67. The molecule has 1 aromatic carbocycles. The second-order valence-electron chi connectivity index (χ2n) is 4.71. The number of nitrogens with one attached hydrogen (secondary N) is 2. The molecule has 2 aliphatic rings. The summed E-state index contributed by atoms with van der Waals surface area (Å²) in [6.45, 7) is 7.13. The maximum absolute atomic E-state index is 12.0. The Morgan fingerprint density at radius 1 is 0.682 bits per heavy atom. The number of hydrogen-bond acceptors (Lipinski definition) is 4. The lowest BCUT2D eigenvalue weighted by atomic mass is 9.92. The van der Waals surface area contributed by atoms with E-state index in [0.29, 0.717) is 0 Å². The molecule has 0 fully saturated rings. The van der Waals surface area contributed by atoms with Crippen molar-refractivity contribution in [3.05, 3.63) is 59.0 Å². The number of amides is 4. The SMILES string of the molecule is C=CC1=c2c(ccc3c2=C(C=C)C(=O)NC3=O)C(=O)NC1=O. The fourth-order valence-corrected chi connectivity index (χ4v) is 2.63. The Morgan fingerprint density at radius 3 is 1.36 bits per heavy atom. The van der Waals surface area contributed by atoms with Crippen molar-refractivity contribution in [2.24, 2.45) is 0 Å². The van der Waals surface area contributed by atoms with Gasteiger partial charge in [-0.3, -0.25) is 29.8 Å². The smallest absolute Gasteiger partial charge is 0.258 e. The largest absolute Gasteiger partial charge is 0.288 e. The van der Waals surface area contributed by atoms with Crippen LogP contribution in [0.25, 0.3) is 11.1 Å². The Morgan fingerprint density at radius 2 is 1.05 bits per heavy atom. The van der Waals surface area contributed by atoms with E-state index in [4.69, 9.17) is 0 Å². The van der Waals surface area contributed by atoms with Crippen LogP contribution < -0.4 is 21.1 Å². The summed E-state index contributed by atoms with van der Waals surface area (Å²) in [6, 6.07) is 2.88.